The molecule has 0 spiro atoms. The van der Waals surface area contributed by atoms with Crippen LogP contribution in [-0.4, -0.2) is 27.4 Å². The first-order valence-corrected chi connectivity index (χ1v) is 5.35. The van der Waals surface area contributed by atoms with Crippen molar-refractivity contribution in [2.24, 2.45) is 0 Å². The Morgan fingerprint density at radius 1 is 1.73 bits per heavy atom. The Balaban J connectivity index is 2.05. The third-order valence-corrected chi connectivity index (χ3v) is 2.81. The Labute approximate surface area is 93.9 Å². The summed E-state index contributed by atoms with van der Waals surface area (Å²) in [6, 6.07) is 3.92. The van der Waals surface area contributed by atoms with Gasteiger partial charge in [-0.2, -0.15) is 0 Å². The molecule has 2 heterocycles. The van der Waals surface area contributed by atoms with Gasteiger partial charge in [0.1, 0.15) is 12.0 Å². The number of hydrogen-bond donors (Lipinski definition) is 2. The van der Waals surface area contributed by atoms with Gasteiger partial charge in [0.2, 0.25) is 0 Å². The normalized spacial score (nSPS) is 26.5. The molecule has 4 nitrogen and oxygen atoms in total. The lowest BCUT2D eigenvalue weighted by atomic mass is 10.1. The Morgan fingerprint density at radius 2 is 2.53 bits per heavy atom. The summed E-state index contributed by atoms with van der Waals surface area (Å²) in [5, 5.41) is 13.6. The largest absolute Gasteiger partial charge is 0.467 e. The highest BCUT2D eigenvalue weighted by Gasteiger charge is 2.27. The zero-order chi connectivity index (χ0) is 10.8. The van der Waals surface area contributed by atoms with Crippen molar-refractivity contribution in [3.63, 3.8) is 0 Å². The van der Waals surface area contributed by atoms with E-state index in [2.05, 4.69) is 5.32 Å². The standard InChI is InChI=1S/C10H14N2O2S/c1-7-5-9(13)12(10(15)11-7)6-8-3-2-4-14-8/h2-4,7,9,13H,5-6H2,1H3,(H,11,15). The molecule has 1 aromatic rings. The minimum absolute atomic E-state index is 0.223. The van der Waals surface area contributed by atoms with Gasteiger partial charge in [0.25, 0.3) is 0 Å². The summed E-state index contributed by atoms with van der Waals surface area (Å²) in [7, 11) is 0. The van der Waals surface area contributed by atoms with Gasteiger partial charge in [0, 0.05) is 12.5 Å². The zero-order valence-electron chi connectivity index (χ0n) is 8.51. The van der Waals surface area contributed by atoms with Crippen LogP contribution in [0, 0.1) is 0 Å². The lowest BCUT2D eigenvalue weighted by Gasteiger charge is -2.37. The quantitative estimate of drug-likeness (QED) is 0.739. The van der Waals surface area contributed by atoms with Crippen molar-refractivity contribution in [1.29, 1.82) is 0 Å². The maximum atomic E-state index is 9.87. The molecule has 2 atom stereocenters. The van der Waals surface area contributed by atoms with E-state index in [-0.39, 0.29) is 6.04 Å². The summed E-state index contributed by atoms with van der Waals surface area (Å²) in [4.78, 5) is 1.73. The third-order valence-electron chi connectivity index (χ3n) is 2.46. The SMILES string of the molecule is CC1CC(O)N(Cc2ccco2)C(=S)N1. The predicted octanol–water partition coefficient (Wildman–Crippen LogP) is 1.07. The number of nitrogens with one attached hydrogen (secondary N) is 1. The summed E-state index contributed by atoms with van der Waals surface area (Å²) < 4.78 is 5.22. The maximum Gasteiger partial charge on any atom is 0.171 e. The van der Waals surface area contributed by atoms with Crippen LogP contribution < -0.4 is 5.32 Å². The molecule has 2 rings (SSSR count). The fourth-order valence-corrected chi connectivity index (χ4v) is 2.07. The van der Waals surface area contributed by atoms with Crippen LogP contribution in [0.25, 0.3) is 0 Å². The molecule has 2 N–H and O–H groups in total. The van der Waals surface area contributed by atoms with Crippen molar-refractivity contribution in [1.82, 2.24) is 10.2 Å². The second-order valence-electron chi connectivity index (χ2n) is 3.77. The van der Waals surface area contributed by atoms with E-state index >= 15 is 0 Å². The van der Waals surface area contributed by atoms with E-state index in [9.17, 15) is 5.11 Å². The number of furan rings is 1. The smallest absolute Gasteiger partial charge is 0.171 e. The minimum atomic E-state index is -0.529. The zero-order valence-corrected chi connectivity index (χ0v) is 9.33. The van der Waals surface area contributed by atoms with Crippen LogP contribution in [0.4, 0.5) is 0 Å². The van der Waals surface area contributed by atoms with Crippen LogP contribution >= 0.6 is 12.2 Å². The fraction of sp³-hybridized carbons (Fsp3) is 0.500. The van der Waals surface area contributed by atoms with Gasteiger partial charge in [-0.15, -0.1) is 0 Å². The number of nitrogens with zero attached hydrogens (tertiary/aromatic N) is 1. The molecule has 5 heteroatoms. The molecule has 1 saturated heterocycles. The lowest BCUT2D eigenvalue weighted by Crippen LogP contribution is -2.55. The summed E-state index contributed by atoms with van der Waals surface area (Å²) in [6.07, 6.45) is 1.75. The van der Waals surface area contributed by atoms with Gasteiger partial charge < -0.3 is 19.7 Å². The van der Waals surface area contributed by atoms with Crippen LogP contribution in [-0.2, 0) is 6.54 Å². The molecule has 1 aliphatic rings. The Hall–Kier alpha value is -1.07. The number of rotatable bonds is 2. The number of aliphatic hydroxyl groups is 1. The van der Waals surface area contributed by atoms with Gasteiger partial charge in [-0.1, -0.05) is 0 Å². The first-order valence-electron chi connectivity index (χ1n) is 4.94. The first kappa shape index (κ1) is 10.4. The number of hydrogen-bond acceptors (Lipinski definition) is 3. The van der Waals surface area contributed by atoms with Gasteiger partial charge in [0.05, 0.1) is 12.8 Å². The topological polar surface area (TPSA) is 48.6 Å². The highest BCUT2D eigenvalue weighted by atomic mass is 32.1. The van der Waals surface area contributed by atoms with Crippen LogP contribution in [0.2, 0.25) is 0 Å². The van der Waals surface area contributed by atoms with Crippen molar-refractivity contribution in [2.45, 2.75) is 32.2 Å². The van der Waals surface area contributed by atoms with E-state index < -0.39 is 6.23 Å². The number of thiocarbonyl (C=S) groups is 1. The van der Waals surface area contributed by atoms with E-state index in [0.29, 0.717) is 18.1 Å². The van der Waals surface area contributed by atoms with Crippen molar-refractivity contribution >= 4 is 17.3 Å². The van der Waals surface area contributed by atoms with Crippen LogP contribution in [0.1, 0.15) is 19.1 Å². The molecule has 0 saturated carbocycles. The monoisotopic (exact) mass is 226 g/mol. The lowest BCUT2D eigenvalue weighted by molar-refractivity contribution is 0.0179. The van der Waals surface area contributed by atoms with Gasteiger partial charge in [-0.3, -0.25) is 0 Å². The molecule has 0 aromatic carbocycles. The molecule has 0 aliphatic carbocycles. The molecule has 0 bridgehead atoms. The van der Waals surface area contributed by atoms with E-state index in [1.165, 1.54) is 0 Å². The van der Waals surface area contributed by atoms with E-state index in [1.54, 1.807) is 11.2 Å². The van der Waals surface area contributed by atoms with Crippen molar-refractivity contribution in [3.05, 3.63) is 24.2 Å². The molecule has 2 unspecified atom stereocenters. The summed E-state index contributed by atoms with van der Waals surface area (Å²) in [6.45, 7) is 2.51. The molecule has 0 radical (unpaired) electrons. The molecule has 1 aliphatic heterocycles. The molecule has 82 valence electrons. The highest BCUT2D eigenvalue weighted by Crippen LogP contribution is 2.15. The maximum absolute atomic E-state index is 9.87. The molecule has 15 heavy (non-hydrogen) atoms. The number of aliphatic hydroxyl groups excluding tert-OH is 1. The van der Waals surface area contributed by atoms with Crippen LogP contribution in [0.15, 0.2) is 22.8 Å². The average Bonchev–Trinajstić information content (AvgIpc) is 2.63. The molecular formula is C10H14N2O2S. The third kappa shape index (κ3) is 2.30. The fourth-order valence-electron chi connectivity index (χ4n) is 1.68. The Morgan fingerprint density at radius 3 is 3.13 bits per heavy atom. The Bertz CT molecular complexity index is 339. The van der Waals surface area contributed by atoms with Crippen LogP contribution in [0.3, 0.4) is 0 Å². The highest BCUT2D eigenvalue weighted by molar-refractivity contribution is 7.80. The predicted molar refractivity (Wildman–Crippen MR) is 60.1 cm³/mol. The van der Waals surface area contributed by atoms with Gasteiger partial charge in [-0.25, -0.2) is 0 Å². The second kappa shape index (κ2) is 4.20. The molecule has 1 fully saturated rings. The van der Waals surface area contributed by atoms with Crippen molar-refractivity contribution in [2.75, 3.05) is 0 Å². The Kier molecular flexibility index (Phi) is 2.93. The van der Waals surface area contributed by atoms with Gasteiger partial charge in [0.15, 0.2) is 5.11 Å². The summed E-state index contributed by atoms with van der Waals surface area (Å²) in [5.74, 6) is 0.799. The summed E-state index contributed by atoms with van der Waals surface area (Å²) in [5.41, 5.74) is 0. The van der Waals surface area contributed by atoms with Gasteiger partial charge >= 0.3 is 0 Å². The van der Waals surface area contributed by atoms with Gasteiger partial charge in [-0.05, 0) is 31.3 Å². The van der Waals surface area contributed by atoms with E-state index in [4.69, 9.17) is 16.6 Å². The molecule has 1 aromatic heterocycles. The van der Waals surface area contributed by atoms with E-state index in [0.717, 1.165) is 5.76 Å². The molecular weight excluding hydrogens is 212 g/mol. The first-order chi connectivity index (χ1) is 7.16. The van der Waals surface area contributed by atoms with Crippen LogP contribution in [0.5, 0.6) is 0 Å². The summed E-state index contributed by atoms with van der Waals surface area (Å²) >= 11 is 5.17. The average molecular weight is 226 g/mol. The van der Waals surface area contributed by atoms with Crippen molar-refractivity contribution < 1.29 is 9.52 Å². The van der Waals surface area contributed by atoms with E-state index in [1.807, 2.05) is 19.1 Å². The second-order valence-corrected chi connectivity index (χ2v) is 4.16. The molecule has 0 amide bonds. The van der Waals surface area contributed by atoms with Crippen molar-refractivity contribution in [3.8, 4) is 0 Å². The minimum Gasteiger partial charge on any atom is -0.467 e.